The van der Waals surface area contributed by atoms with Gasteiger partial charge in [0.2, 0.25) is 5.91 Å². The van der Waals surface area contributed by atoms with Crippen LogP contribution in [0.1, 0.15) is 27.7 Å². The number of benzene rings is 1. The Hall–Kier alpha value is -2.61. The third-order valence-corrected chi connectivity index (χ3v) is 4.87. The summed E-state index contributed by atoms with van der Waals surface area (Å²) < 4.78 is 31.8. The van der Waals surface area contributed by atoms with Gasteiger partial charge in [0.15, 0.2) is 4.77 Å². The summed E-state index contributed by atoms with van der Waals surface area (Å²) >= 11 is 5.31. The minimum absolute atomic E-state index is 0.0764. The molecule has 0 spiro atoms. The number of carbonyl (C=O) groups is 1. The van der Waals surface area contributed by atoms with E-state index in [1.165, 1.54) is 35.3 Å². The normalized spacial score (nSPS) is 16.2. The Morgan fingerprint density at radius 2 is 2.12 bits per heavy atom. The highest BCUT2D eigenvalue weighted by molar-refractivity contribution is 7.71. The lowest BCUT2D eigenvalue weighted by atomic mass is 9.95. The second-order valence-electron chi connectivity index (χ2n) is 6.04. The second kappa shape index (κ2) is 6.03. The van der Waals surface area contributed by atoms with E-state index in [-0.39, 0.29) is 23.8 Å². The number of nitrogens with one attached hydrogen (secondary N) is 1. The van der Waals surface area contributed by atoms with Gasteiger partial charge < -0.3 is 9.55 Å². The van der Waals surface area contributed by atoms with E-state index in [2.05, 4.69) is 9.97 Å². The van der Waals surface area contributed by atoms with E-state index in [4.69, 9.17) is 12.2 Å². The zero-order valence-corrected chi connectivity index (χ0v) is 13.9. The van der Waals surface area contributed by atoms with Crippen molar-refractivity contribution in [1.29, 1.82) is 0 Å². The number of nitrogens with zero attached hydrogens (tertiary/aromatic N) is 3. The van der Waals surface area contributed by atoms with Gasteiger partial charge in [0.1, 0.15) is 18.0 Å². The van der Waals surface area contributed by atoms with Crippen molar-refractivity contribution in [3.8, 4) is 0 Å². The molecule has 0 radical (unpaired) electrons. The molecule has 1 atom stereocenters. The largest absolute Gasteiger partial charge is 0.334 e. The number of imidazole rings is 2. The highest BCUT2D eigenvalue weighted by Crippen LogP contribution is 2.34. The highest BCUT2D eigenvalue weighted by Gasteiger charge is 2.31. The number of hydrogen-bond donors (Lipinski definition) is 1. The average Bonchev–Trinajstić information content (AvgIpc) is 3.28. The summed E-state index contributed by atoms with van der Waals surface area (Å²) in [5, 5.41) is 0. The first-order valence-electron chi connectivity index (χ1n) is 7.80. The number of aromatic amines is 1. The summed E-state index contributed by atoms with van der Waals surface area (Å²) in [7, 11) is 0. The van der Waals surface area contributed by atoms with E-state index in [0.717, 1.165) is 5.69 Å². The molecule has 3 heterocycles. The topological polar surface area (TPSA) is 55.6 Å². The fraction of sp³-hybridized carbons (Fsp3) is 0.235. The lowest BCUT2D eigenvalue weighted by molar-refractivity contribution is 0.0912. The van der Waals surface area contributed by atoms with Crippen LogP contribution in [-0.4, -0.2) is 25.0 Å². The first kappa shape index (κ1) is 15.9. The van der Waals surface area contributed by atoms with Crippen LogP contribution in [-0.2, 0) is 19.4 Å². The molecule has 5 nitrogen and oxygen atoms in total. The van der Waals surface area contributed by atoms with Gasteiger partial charge in [-0.3, -0.25) is 9.36 Å². The first-order valence-corrected chi connectivity index (χ1v) is 8.21. The van der Waals surface area contributed by atoms with Crippen molar-refractivity contribution in [2.24, 2.45) is 0 Å². The Kier molecular flexibility index (Phi) is 3.84. The fourth-order valence-corrected chi connectivity index (χ4v) is 3.70. The van der Waals surface area contributed by atoms with Gasteiger partial charge in [-0.1, -0.05) is 6.07 Å². The average molecular weight is 360 g/mol. The molecule has 0 saturated carbocycles. The number of fused-ring (bicyclic) bond motifs is 1. The van der Waals surface area contributed by atoms with Gasteiger partial charge in [0.25, 0.3) is 0 Å². The Morgan fingerprint density at radius 1 is 1.36 bits per heavy atom. The van der Waals surface area contributed by atoms with E-state index in [9.17, 15) is 13.6 Å². The van der Waals surface area contributed by atoms with Crippen LogP contribution in [0.25, 0.3) is 0 Å². The summed E-state index contributed by atoms with van der Waals surface area (Å²) in [5.74, 6) is -1.60. The maximum atomic E-state index is 14.1. The fourth-order valence-electron chi connectivity index (χ4n) is 3.39. The third kappa shape index (κ3) is 2.72. The predicted molar refractivity (Wildman–Crippen MR) is 89.0 cm³/mol. The van der Waals surface area contributed by atoms with Gasteiger partial charge in [-0.25, -0.2) is 13.8 Å². The molecule has 1 aliphatic rings. The van der Waals surface area contributed by atoms with Crippen LogP contribution in [0.3, 0.4) is 0 Å². The summed E-state index contributed by atoms with van der Waals surface area (Å²) in [6, 6.07) is 3.87. The summed E-state index contributed by atoms with van der Waals surface area (Å²) in [6.45, 7) is 0.391. The number of H-pyrrole nitrogens is 1. The molecule has 25 heavy (non-hydrogen) atoms. The Balaban J connectivity index is 1.64. The molecular formula is C17H14F2N4OS. The maximum absolute atomic E-state index is 14.1. The zero-order chi connectivity index (χ0) is 17.6. The zero-order valence-electron chi connectivity index (χ0n) is 13.1. The number of carbonyl (C=O) groups excluding carboxylic acids is 1. The van der Waals surface area contributed by atoms with Gasteiger partial charge in [-0.15, -0.1) is 0 Å². The van der Waals surface area contributed by atoms with E-state index >= 15 is 0 Å². The minimum Gasteiger partial charge on any atom is -0.334 e. The Morgan fingerprint density at radius 3 is 2.80 bits per heavy atom. The lowest BCUT2D eigenvalue weighted by Gasteiger charge is -2.12. The van der Waals surface area contributed by atoms with Gasteiger partial charge in [-0.05, 0) is 30.8 Å². The molecule has 128 valence electrons. The molecule has 0 saturated heterocycles. The SMILES string of the molecule is O=C(Cc1[nH]c(=S)n2c1C[C@H](c1c(F)cccc1F)C2)n1ccnc1. The van der Waals surface area contributed by atoms with Crippen molar-refractivity contribution < 1.29 is 13.6 Å². The molecular weight excluding hydrogens is 346 g/mol. The van der Waals surface area contributed by atoms with Crippen LogP contribution in [0.2, 0.25) is 0 Å². The van der Waals surface area contributed by atoms with Crippen molar-refractivity contribution in [2.45, 2.75) is 25.3 Å². The first-order chi connectivity index (χ1) is 12.0. The van der Waals surface area contributed by atoms with Gasteiger partial charge >= 0.3 is 0 Å². The van der Waals surface area contributed by atoms with E-state index < -0.39 is 11.6 Å². The standard InChI is InChI=1S/C17H14F2N4OS/c18-11-2-1-3-12(19)16(11)10-6-14-13(21-17(25)23(14)8-10)7-15(24)22-5-4-20-9-22/h1-5,9-10H,6-8H2,(H,21,25)/t10-/m0/s1. The molecule has 1 aliphatic heterocycles. The van der Waals surface area contributed by atoms with Crippen molar-refractivity contribution in [1.82, 2.24) is 19.1 Å². The lowest BCUT2D eigenvalue weighted by Crippen LogP contribution is -2.13. The van der Waals surface area contributed by atoms with Crippen LogP contribution in [0.4, 0.5) is 8.78 Å². The Bertz CT molecular complexity index is 986. The number of aromatic nitrogens is 4. The molecule has 1 N–H and O–H groups in total. The smallest absolute Gasteiger partial charge is 0.237 e. The second-order valence-corrected chi connectivity index (χ2v) is 6.43. The van der Waals surface area contributed by atoms with Gasteiger partial charge in [0, 0.05) is 41.8 Å². The van der Waals surface area contributed by atoms with E-state index in [0.29, 0.717) is 23.4 Å². The Labute approximate surface area is 146 Å². The summed E-state index contributed by atoms with van der Waals surface area (Å²) in [6.07, 6.45) is 5.09. The van der Waals surface area contributed by atoms with Gasteiger partial charge in [0.05, 0.1) is 6.42 Å². The molecule has 0 fully saturated rings. The van der Waals surface area contributed by atoms with Crippen molar-refractivity contribution in [2.75, 3.05) is 0 Å². The van der Waals surface area contributed by atoms with Crippen LogP contribution < -0.4 is 0 Å². The van der Waals surface area contributed by atoms with Crippen molar-refractivity contribution >= 4 is 18.1 Å². The number of rotatable bonds is 3. The van der Waals surface area contributed by atoms with Gasteiger partial charge in [-0.2, -0.15) is 0 Å². The van der Waals surface area contributed by atoms with E-state index in [1.807, 2.05) is 4.57 Å². The van der Waals surface area contributed by atoms with Crippen LogP contribution >= 0.6 is 12.2 Å². The summed E-state index contributed by atoms with van der Waals surface area (Å²) in [5.41, 5.74) is 1.58. The highest BCUT2D eigenvalue weighted by atomic mass is 32.1. The molecule has 0 bridgehead atoms. The molecule has 0 aliphatic carbocycles. The van der Waals surface area contributed by atoms with Crippen LogP contribution in [0.5, 0.6) is 0 Å². The van der Waals surface area contributed by atoms with Crippen LogP contribution in [0.15, 0.2) is 36.9 Å². The van der Waals surface area contributed by atoms with Crippen molar-refractivity contribution in [3.63, 3.8) is 0 Å². The quantitative estimate of drug-likeness (QED) is 0.730. The monoisotopic (exact) mass is 360 g/mol. The molecule has 0 amide bonds. The molecule has 8 heteroatoms. The third-order valence-electron chi connectivity index (χ3n) is 4.55. The summed E-state index contributed by atoms with van der Waals surface area (Å²) in [4.78, 5) is 19.2. The molecule has 0 unspecified atom stereocenters. The number of halogens is 2. The maximum Gasteiger partial charge on any atom is 0.237 e. The van der Waals surface area contributed by atoms with E-state index in [1.54, 1.807) is 6.20 Å². The molecule has 4 rings (SSSR count). The molecule has 1 aromatic carbocycles. The molecule has 2 aromatic heterocycles. The predicted octanol–water partition coefficient (Wildman–Crippen LogP) is 3.24. The van der Waals surface area contributed by atoms with Crippen LogP contribution in [0, 0.1) is 16.4 Å². The van der Waals surface area contributed by atoms with Crippen molar-refractivity contribution in [3.05, 3.63) is 70.3 Å². The number of hydrogen-bond acceptors (Lipinski definition) is 3. The molecule has 3 aromatic rings. The minimum atomic E-state index is -0.554.